The Morgan fingerprint density at radius 1 is 1.37 bits per heavy atom. The van der Waals surface area contributed by atoms with Crippen LogP contribution in [0.1, 0.15) is 54.0 Å². The number of amides is 1. The lowest BCUT2D eigenvalue weighted by atomic mass is 9.93. The maximum Gasteiger partial charge on any atom is 0.257 e. The normalized spacial score (nSPS) is 16.6. The lowest BCUT2D eigenvalue weighted by Crippen LogP contribution is -2.43. The molecule has 106 valence electrons. The molecule has 1 heterocycles. The van der Waals surface area contributed by atoms with Crippen molar-refractivity contribution in [3.8, 4) is 0 Å². The molecule has 0 bridgehead atoms. The average Bonchev–Trinajstić information content (AvgIpc) is 2.75. The summed E-state index contributed by atoms with van der Waals surface area (Å²) in [4.78, 5) is 14.5. The highest BCUT2D eigenvalue weighted by atomic mass is 16.3. The Hall–Kier alpha value is -1.29. The Morgan fingerprint density at radius 3 is 2.58 bits per heavy atom. The van der Waals surface area contributed by atoms with Crippen LogP contribution in [-0.4, -0.2) is 35.1 Å². The third kappa shape index (κ3) is 3.18. The first-order chi connectivity index (χ1) is 9.13. The molecule has 4 heteroatoms. The molecule has 1 amide bonds. The fraction of sp³-hybridized carbons (Fsp3) is 0.667. The molecule has 0 aliphatic heterocycles. The summed E-state index contributed by atoms with van der Waals surface area (Å²) < 4.78 is 5.44. The molecule has 0 radical (unpaired) electrons. The number of carbonyl (C=O) groups excluding carboxylic acids is 1. The summed E-state index contributed by atoms with van der Waals surface area (Å²) in [5, 5.41) is 9.22. The van der Waals surface area contributed by atoms with E-state index in [1.165, 1.54) is 19.3 Å². The minimum Gasteiger partial charge on any atom is -0.466 e. The molecule has 1 aliphatic rings. The maximum absolute atomic E-state index is 12.6. The molecule has 19 heavy (non-hydrogen) atoms. The molecule has 1 fully saturated rings. The summed E-state index contributed by atoms with van der Waals surface area (Å²) in [7, 11) is 0. The number of aliphatic hydroxyl groups excluding tert-OH is 1. The van der Waals surface area contributed by atoms with Gasteiger partial charge in [-0.2, -0.15) is 0 Å². The molecule has 1 aliphatic carbocycles. The molecule has 4 nitrogen and oxygen atoms in total. The van der Waals surface area contributed by atoms with Gasteiger partial charge in [-0.1, -0.05) is 19.3 Å². The second-order valence-electron chi connectivity index (χ2n) is 5.34. The molecular weight excluding hydrogens is 242 g/mol. The second-order valence-corrected chi connectivity index (χ2v) is 5.34. The Balaban J connectivity index is 2.17. The third-order valence-corrected chi connectivity index (χ3v) is 3.89. The zero-order valence-electron chi connectivity index (χ0n) is 11.8. The van der Waals surface area contributed by atoms with Crippen molar-refractivity contribution in [2.24, 2.45) is 0 Å². The number of aliphatic hydroxyl groups is 1. The summed E-state index contributed by atoms with van der Waals surface area (Å²) in [6, 6.07) is 2.06. The molecular formula is C15H23NO3. The van der Waals surface area contributed by atoms with Crippen molar-refractivity contribution >= 4 is 5.91 Å². The van der Waals surface area contributed by atoms with Crippen LogP contribution in [0, 0.1) is 13.8 Å². The summed E-state index contributed by atoms with van der Waals surface area (Å²) in [6.07, 6.45) is 5.68. The molecule has 1 saturated carbocycles. The number of rotatable bonds is 4. The first-order valence-corrected chi connectivity index (χ1v) is 7.12. The van der Waals surface area contributed by atoms with Gasteiger partial charge in [0.1, 0.15) is 11.5 Å². The molecule has 0 atom stereocenters. The number of hydrogen-bond acceptors (Lipinski definition) is 3. The van der Waals surface area contributed by atoms with Gasteiger partial charge in [-0.15, -0.1) is 0 Å². The van der Waals surface area contributed by atoms with E-state index in [0.29, 0.717) is 17.9 Å². The molecule has 1 aromatic heterocycles. The average molecular weight is 265 g/mol. The van der Waals surface area contributed by atoms with Crippen molar-refractivity contribution in [3.63, 3.8) is 0 Å². The molecule has 1 N–H and O–H groups in total. The van der Waals surface area contributed by atoms with E-state index in [2.05, 4.69) is 0 Å². The number of carbonyl (C=O) groups is 1. The van der Waals surface area contributed by atoms with Crippen molar-refractivity contribution in [3.05, 3.63) is 23.2 Å². The van der Waals surface area contributed by atoms with Gasteiger partial charge >= 0.3 is 0 Å². The SMILES string of the molecule is Cc1cc(C(=O)N(CCO)C2CCCCC2)c(C)o1. The van der Waals surface area contributed by atoms with Gasteiger partial charge in [0.2, 0.25) is 0 Å². The first-order valence-electron chi connectivity index (χ1n) is 7.12. The van der Waals surface area contributed by atoms with Crippen molar-refractivity contribution in [1.82, 2.24) is 4.90 Å². The summed E-state index contributed by atoms with van der Waals surface area (Å²) >= 11 is 0. The van der Waals surface area contributed by atoms with Gasteiger partial charge in [-0.25, -0.2) is 0 Å². The van der Waals surface area contributed by atoms with Crippen LogP contribution in [0.25, 0.3) is 0 Å². The fourth-order valence-electron chi connectivity index (χ4n) is 2.95. The van der Waals surface area contributed by atoms with Crippen molar-refractivity contribution in [1.29, 1.82) is 0 Å². The third-order valence-electron chi connectivity index (χ3n) is 3.89. The molecule has 0 saturated heterocycles. The van der Waals surface area contributed by atoms with E-state index in [0.717, 1.165) is 18.6 Å². The van der Waals surface area contributed by atoms with Gasteiger partial charge in [-0.3, -0.25) is 4.79 Å². The van der Waals surface area contributed by atoms with E-state index in [1.807, 2.05) is 18.7 Å². The number of nitrogens with zero attached hydrogens (tertiary/aromatic N) is 1. The summed E-state index contributed by atoms with van der Waals surface area (Å²) in [5.41, 5.74) is 0.636. The highest BCUT2D eigenvalue weighted by Gasteiger charge is 2.27. The Kier molecular flexibility index (Phi) is 4.64. The smallest absolute Gasteiger partial charge is 0.257 e. The van der Waals surface area contributed by atoms with Gasteiger partial charge in [0.05, 0.1) is 12.2 Å². The van der Waals surface area contributed by atoms with Crippen LogP contribution in [0.3, 0.4) is 0 Å². The zero-order chi connectivity index (χ0) is 13.8. The Labute approximate surface area is 114 Å². The lowest BCUT2D eigenvalue weighted by molar-refractivity contribution is 0.0583. The van der Waals surface area contributed by atoms with Crippen LogP contribution in [0.5, 0.6) is 0 Å². The highest BCUT2D eigenvalue weighted by Crippen LogP contribution is 2.25. The Bertz CT molecular complexity index is 433. The van der Waals surface area contributed by atoms with Crippen LogP contribution in [0.4, 0.5) is 0 Å². The zero-order valence-corrected chi connectivity index (χ0v) is 11.8. The maximum atomic E-state index is 12.6. The highest BCUT2D eigenvalue weighted by molar-refractivity contribution is 5.95. The predicted molar refractivity (Wildman–Crippen MR) is 73.2 cm³/mol. The monoisotopic (exact) mass is 265 g/mol. The van der Waals surface area contributed by atoms with E-state index in [-0.39, 0.29) is 18.6 Å². The van der Waals surface area contributed by atoms with Crippen LogP contribution < -0.4 is 0 Å². The standard InChI is InChI=1S/C15H23NO3/c1-11-10-14(12(2)19-11)15(18)16(8-9-17)13-6-4-3-5-7-13/h10,13,17H,3-9H2,1-2H3. The van der Waals surface area contributed by atoms with Crippen molar-refractivity contribution in [2.75, 3.05) is 13.2 Å². The van der Waals surface area contributed by atoms with Crippen molar-refractivity contribution in [2.45, 2.75) is 52.0 Å². The van der Waals surface area contributed by atoms with Crippen LogP contribution >= 0.6 is 0 Å². The van der Waals surface area contributed by atoms with E-state index in [4.69, 9.17) is 4.42 Å². The fourth-order valence-corrected chi connectivity index (χ4v) is 2.95. The topological polar surface area (TPSA) is 53.7 Å². The van der Waals surface area contributed by atoms with Crippen molar-refractivity contribution < 1.29 is 14.3 Å². The minimum absolute atomic E-state index is 0.00435. The van der Waals surface area contributed by atoms with Gasteiger partial charge in [-0.05, 0) is 32.8 Å². The van der Waals surface area contributed by atoms with E-state index in [1.54, 1.807) is 6.07 Å². The summed E-state index contributed by atoms with van der Waals surface area (Å²) in [6.45, 7) is 4.09. The predicted octanol–water partition coefficient (Wildman–Crippen LogP) is 2.66. The lowest BCUT2D eigenvalue weighted by Gasteiger charge is -2.34. The van der Waals surface area contributed by atoms with Crippen LogP contribution in [0.2, 0.25) is 0 Å². The second kappa shape index (κ2) is 6.24. The number of aryl methyl sites for hydroxylation is 2. The minimum atomic E-state index is -0.00435. The van der Waals surface area contributed by atoms with Crippen LogP contribution in [0.15, 0.2) is 10.5 Å². The Morgan fingerprint density at radius 2 is 2.05 bits per heavy atom. The quantitative estimate of drug-likeness (QED) is 0.910. The molecule has 0 aromatic carbocycles. The largest absolute Gasteiger partial charge is 0.466 e. The van der Waals surface area contributed by atoms with Gasteiger partial charge in [0.25, 0.3) is 5.91 Å². The molecule has 1 aromatic rings. The van der Waals surface area contributed by atoms with E-state index in [9.17, 15) is 9.90 Å². The number of furan rings is 1. The summed E-state index contributed by atoms with van der Waals surface area (Å²) in [5.74, 6) is 1.42. The number of hydrogen-bond donors (Lipinski definition) is 1. The van der Waals surface area contributed by atoms with Gasteiger partial charge in [0, 0.05) is 12.6 Å². The van der Waals surface area contributed by atoms with E-state index < -0.39 is 0 Å². The first kappa shape index (κ1) is 14.1. The molecule has 0 spiro atoms. The van der Waals surface area contributed by atoms with E-state index >= 15 is 0 Å². The molecule has 0 unspecified atom stereocenters. The van der Waals surface area contributed by atoms with Gasteiger partial charge < -0.3 is 14.4 Å². The van der Waals surface area contributed by atoms with Crippen LogP contribution in [-0.2, 0) is 0 Å². The van der Waals surface area contributed by atoms with Gasteiger partial charge in [0.15, 0.2) is 0 Å². The molecule has 2 rings (SSSR count).